The van der Waals surface area contributed by atoms with E-state index in [0.717, 1.165) is 12.7 Å². The van der Waals surface area contributed by atoms with Gasteiger partial charge in [-0.15, -0.1) is 0 Å². The highest BCUT2D eigenvalue weighted by molar-refractivity contribution is 5.78. The first-order valence-corrected chi connectivity index (χ1v) is 4.30. The highest BCUT2D eigenvalue weighted by Gasteiger charge is 2.19. The molecule has 70 valence electrons. The van der Waals surface area contributed by atoms with Crippen LogP contribution >= 0.6 is 0 Å². The van der Waals surface area contributed by atoms with Crippen molar-refractivity contribution in [2.45, 2.75) is 40.5 Å². The first-order valence-electron chi connectivity index (χ1n) is 4.30. The van der Waals surface area contributed by atoms with Gasteiger partial charge in [0.1, 0.15) is 12.1 Å². The molecule has 0 radical (unpaired) electrons. The van der Waals surface area contributed by atoms with E-state index >= 15 is 0 Å². The Morgan fingerprint density at radius 3 is 2.17 bits per heavy atom. The van der Waals surface area contributed by atoms with Crippen LogP contribution < -0.4 is 0 Å². The lowest BCUT2D eigenvalue weighted by molar-refractivity contribution is -0.121. The fourth-order valence-corrected chi connectivity index (χ4v) is 1.32. The molecule has 0 spiro atoms. The molecule has 1 unspecified atom stereocenters. The minimum atomic E-state index is -0.0949. The van der Waals surface area contributed by atoms with Crippen molar-refractivity contribution < 1.29 is 9.59 Å². The Hall–Kier alpha value is -0.660. The molecule has 0 heterocycles. The summed E-state index contributed by atoms with van der Waals surface area (Å²) in [7, 11) is 0. The van der Waals surface area contributed by atoms with Gasteiger partial charge in [-0.25, -0.2) is 0 Å². The van der Waals surface area contributed by atoms with Crippen LogP contribution in [0.4, 0.5) is 0 Å². The van der Waals surface area contributed by atoms with Crippen LogP contribution in [0.5, 0.6) is 0 Å². The Balaban J connectivity index is 4.00. The van der Waals surface area contributed by atoms with Gasteiger partial charge in [0, 0.05) is 12.3 Å². The average molecular weight is 170 g/mol. The van der Waals surface area contributed by atoms with Crippen molar-refractivity contribution in [3.63, 3.8) is 0 Å². The van der Waals surface area contributed by atoms with Gasteiger partial charge in [0.25, 0.3) is 0 Å². The van der Waals surface area contributed by atoms with Crippen LogP contribution in [0.25, 0.3) is 0 Å². The van der Waals surface area contributed by atoms with Crippen LogP contribution in [-0.4, -0.2) is 12.1 Å². The van der Waals surface area contributed by atoms with Gasteiger partial charge < -0.3 is 9.59 Å². The molecule has 0 aromatic heterocycles. The zero-order chi connectivity index (χ0) is 9.78. The van der Waals surface area contributed by atoms with E-state index in [1.807, 2.05) is 0 Å². The van der Waals surface area contributed by atoms with E-state index in [0.29, 0.717) is 6.42 Å². The van der Waals surface area contributed by atoms with Gasteiger partial charge in [0.05, 0.1) is 0 Å². The van der Waals surface area contributed by atoms with Gasteiger partial charge in [-0.1, -0.05) is 20.8 Å². The van der Waals surface area contributed by atoms with Gasteiger partial charge >= 0.3 is 0 Å². The highest BCUT2D eigenvalue weighted by Crippen LogP contribution is 2.25. The molecule has 0 bridgehead atoms. The molecule has 2 nitrogen and oxygen atoms in total. The highest BCUT2D eigenvalue weighted by atomic mass is 16.1. The third kappa shape index (κ3) is 6.08. The molecule has 0 aliphatic carbocycles. The molecule has 0 aromatic carbocycles. The second kappa shape index (κ2) is 4.39. The molecule has 0 amide bonds. The van der Waals surface area contributed by atoms with E-state index in [2.05, 4.69) is 20.8 Å². The predicted octanol–water partition coefficient (Wildman–Crippen LogP) is 2.22. The van der Waals surface area contributed by atoms with Crippen LogP contribution in [0, 0.1) is 11.3 Å². The zero-order valence-electron chi connectivity index (χ0n) is 8.39. The van der Waals surface area contributed by atoms with Gasteiger partial charge in [-0.2, -0.15) is 0 Å². The maximum Gasteiger partial charge on any atom is 0.130 e. The number of hydrogen-bond donors (Lipinski definition) is 0. The van der Waals surface area contributed by atoms with Crippen molar-refractivity contribution in [1.82, 2.24) is 0 Å². The summed E-state index contributed by atoms with van der Waals surface area (Å²) in [5, 5.41) is 0. The number of rotatable bonds is 4. The first-order chi connectivity index (χ1) is 5.35. The summed E-state index contributed by atoms with van der Waals surface area (Å²) < 4.78 is 0. The Bertz CT molecular complexity index is 165. The molecule has 1 atom stereocenters. The van der Waals surface area contributed by atoms with Crippen LogP contribution in [0.1, 0.15) is 40.5 Å². The number of hydrogen-bond acceptors (Lipinski definition) is 2. The number of carbonyl (C=O) groups is 2. The summed E-state index contributed by atoms with van der Waals surface area (Å²) in [6.45, 7) is 7.75. The van der Waals surface area contributed by atoms with Crippen molar-refractivity contribution >= 4 is 12.1 Å². The molecule has 0 N–H and O–H groups in total. The number of Topliss-reactive ketones (excluding diaryl/α,β-unsaturated/α-hetero) is 1. The summed E-state index contributed by atoms with van der Waals surface area (Å²) in [4.78, 5) is 21.3. The summed E-state index contributed by atoms with van der Waals surface area (Å²) in [5.74, 6) is -0.00106. The second-order valence-electron chi connectivity index (χ2n) is 4.57. The molecular weight excluding hydrogens is 152 g/mol. The molecule has 2 heteroatoms. The topological polar surface area (TPSA) is 34.1 Å². The molecule has 0 aliphatic rings. The van der Waals surface area contributed by atoms with Crippen LogP contribution in [0.15, 0.2) is 0 Å². The molecule has 0 aliphatic heterocycles. The normalized spacial score (nSPS) is 14.0. The number of ketones is 1. The van der Waals surface area contributed by atoms with E-state index in [4.69, 9.17) is 0 Å². The van der Waals surface area contributed by atoms with Gasteiger partial charge in [-0.05, 0) is 18.8 Å². The van der Waals surface area contributed by atoms with E-state index in [1.165, 1.54) is 6.92 Å². The van der Waals surface area contributed by atoms with Gasteiger partial charge in [-0.3, -0.25) is 0 Å². The molecule has 0 aromatic rings. The quantitative estimate of drug-likeness (QED) is 0.606. The third-order valence-electron chi connectivity index (χ3n) is 1.62. The Morgan fingerprint density at radius 1 is 1.42 bits per heavy atom. The smallest absolute Gasteiger partial charge is 0.130 e. The lowest BCUT2D eigenvalue weighted by atomic mass is 9.83. The molecule has 0 rings (SSSR count). The standard InChI is InChI=1S/C10H18O2/c1-8(12)5-9(7-11)6-10(2,3)4/h7,9H,5-6H2,1-4H3. The van der Waals surface area contributed by atoms with Gasteiger partial charge in [0.15, 0.2) is 0 Å². The summed E-state index contributed by atoms with van der Waals surface area (Å²) in [5.41, 5.74) is 0.126. The molecule has 0 fully saturated rings. The van der Waals surface area contributed by atoms with Gasteiger partial charge in [0.2, 0.25) is 0 Å². The second-order valence-corrected chi connectivity index (χ2v) is 4.57. The maximum atomic E-state index is 10.7. The van der Waals surface area contributed by atoms with Crippen LogP contribution in [0.3, 0.4) is 0 Å². The Morgan fingerprint density at radius 2 is 1.92 bits per heavy atom. The third-order valence-corrected chi connectivity index (χ3v) is 1.62. The van der Waals surface area contributed by atoms with Crippen molar-refractivity contribution in [3.05, 3.63) is 0 Å². The van der Waals surface area contributed by atoms with Crippen molar-refractivity contribution in [1.29, 1.82) is 0 Å². The minimum absolute atomic E-state index is 0.0938. The lowest BCUT2D eigenvalue weighted by Crippen LogP contribution is -2.16. The van der Waals surface area contributed by atoms with E-state index in [1.54, 1.807) is 0 Å². The van der Waals surface area contributed by atoms with Crippen molar-refractivity contribution in [2.24, 2.45) is 11.3 Å². The summed E-state index contributed by atoms with van der Waals surface area (Å²) in [6.07, 6.45) is 2.07. The molecular formula is C10H18O2. The maximum absolute atomic E-state index is 10.7. The molecule has 0 saturated carbocycles. The van der Waals surface area contributed by atoms with Crippen LogP contribution in [-0.2, 0) is 9.59 Å². The number of aldehydes is 1. The van der Waals surface area contributed by atoms with E-state index in [9.17, 15) is 9.59 Å². The lowest BCUT2D eigenvalue weighted by Gasteiger charge is -2.21. The summed E-state index contributed by atoms with van der Waals surface area (Å²) >= 11 is 0. The van der Waals surface area contributed by atoms with Crippen molar-refractivity contribution in [3.8, 4) is 0 Å². The summed E-state index contributed by atoms with van der Waals surface area (Å²) in [6, 6.07) is 0. The fourth-order valence-electron chi connectivity index (χ4n) is 1.32. The first kappa shape index (κ1) is 11.3. The fraction of sp³-hybridized carbons (Fsp3) is 0.800. The number of carbonyl (C=O) groups excluding carboxylic acids is 2. The Kier molecular flexibility index (Phi) is 4.15. The average Bonchev–Trinajstić information content (AvgIpc) is 1.82. The minimum Gasteiger partial charge on any atom is -0.303 e. The Labute approximate surface area is 74.3 Å². The largest absolute Gasteiger partial charge is 0.303 e. The van der Waals surface area contributed by atoms with E-state index in [-0.39, 0.29) is 17.1 Å². The molecule has 0 saturated heterocycles. The molecule has 12 heavy (non-hydrogen) atoms. The SMILES string of the molecule is CC(=O)CC(C=O)CC(C)(C)C. The van der Waals surface area contributed by atoms with Crippen molar-refractivity contribution in [2.75, 3.05) is 0 Å². The van der Waals surface area contributed by atoms with Crippen LogP contribution in [0.2, 0.25) is 0 Å². The zero-order valence-corrected chi connectivity index (χ0v) is 8.39. The predicted molar refractivity (Wildman–Crippen MR) is 48.9 cm³/mol. The monoisotopic (exact) mass is 170 g/mol. The van der Waals surface area contributed by atoms with E-state index < -0.39 is 0 Å².